The summed E-state index contributed by atoms with van der Waals surface area (Å²) in [6.45, 7) is 2.51. The first kappa shape index (κ1) is 15.2. The highest BCUT2D eigenvalue weighted by Gasteiger charge is 2.36. The average Bonchev–Trinajstić information content (AvgIpc) is 2.94. The fourth-order valence-corrected chi connectivity index (χ4v) is 5.13. The van der Waals surface area contributed by atoms with Gasteiger partial charge in [0.2, 0.25) is 0 Å². The van der Waals surface area contributed by atoms with Crippen molar-refractivity contribution in [2.45, 2.75) is 57.4 Å². The van der Waals surface area contributed by atoms with Gasteiger partial charge >= 0.3 is 0 Å². The fourth-order valence-electron chi connectivity index (χ4n) is 3.17. The van der Waals surface area contributed by atoms with Crippen LogP contribution in [0.3, 0.4) is 0 Å². The van der Waals surface area contributed by atoms with Crippen LogP contribution in [-0.2, 0) is 10.2 Å². The van der Waals surface area contributed by atoms with E-state index in [0.717, 1.165) is 51.4 Å². The zero-order valence-corrected chi connectivity index (χ0v) is 12.6. The van der Waals surface area contributed by atoms with Crippen LogP contribution in [0.25, 0.3) is 0 Å². The van der Waals surface area contributed by atoms with E-state index in [1.54, 1.807) is 8.61 Å². The summed E-state index contributed by atoms with van der Waals surface area (Å²) in [6, 6.07) is 0.207. The topological polar surface area (TPSA) is 66.6 Å². The Bertz CT molecular complexity index is 360. The van der Waals surface area contributed by atoms with E-state index in [2.05, 4.69) is 0 Å². The molecule has 19 heavy (non-hydrogen) atoms. The molecule has 112 valence electrons. The van der Waals surface area contributed by atoms with Gasteiger partial charge in [-0.15, -0.1) is 0 Å². The minimum Gasteiger partial charge on any atom is -0.330 e. The smallest absolute Gasteiger partial charge is 0.282 e. The molecule has 0 unspecified atom stereocenters. The maximum atomic E-state index is 12.8. The van der Waals surface area contributed by atoms with Crippen LogP contribution in [0.2, 0.25) is 0 Å². The summed E-state index contributed by atoms with van der Waals surface area (Å²) in [5.74, 6) is 0. The summed E-state index contributed by atoms with van der Waals surface area (Å²) in [5.41, 5.74) is 5.56. The van der Waals surface area contributed by atoms with Crippen molar-refractivity contribution in [3.63, 3.8) is 0 Å². The van der Waals surface area contributed by atoms with Crippen LogP contribution >= 0.6 is 0 Å². The molecular formula is C13H27N3O2S. The molecule has 0 bridgehead atoms. The molecule has 0 amide bonds. The van der Waals surface area contributed by atoms with Crippen LogP contribution < -0.4 is 5.73 Å². The molecule has 1 aliphatic carbocycles. The summed E-state index contributed by atoms with van der Waals surface area (Å²) in [5, 5.41) is 0. The van der Waals surface area contributed by atoms with Gasteiger partial charge in [-0.05, 0) is 38.6 Å². The standard InChI is InChI=1S/C13H27N3O2S/c14-9-6-12-16(13-7-2-3-8-13)19(17,18)15-10-4-1-5-11-15/h13H,1-12,14H2. The van der Waals surface area contributed by atoms with E-state index in [9.17, 15) is 8.42 Å². The molecule has 0 aromatic heterocycles. The molecular weight excluding hydrogens is 262 g/mol. The molecule has 1 aliphatic heterocycles. The average molecular weight is 289 g/mol. The maximum Gasteiger partial charge on any atom is 0.282 e. The predicted octanol–water partition coefficient (Wildman–Crippen LogP) is 1.31. The first-order valence-electron chi connectivity index (χ1n) is 7.63. The normalized spacial score (nSPS) is 23.3. The summed E-state index contributed by atoms with van der Waals surface area (Å²) in [7, 11) is -3.27. The first-order chi connectivity index (χ1) is 9.16. The zero-order valence-electron chi connectivity index (χ0n) is 11.8. The van der Waals surface area contributed by atoms with Crippen molar-refractivity contribution in [2.75, 3.05) is 26.2 Å². The van der Waals surface area contributed by atoms with E-state index in [0.29, 0.717) is 26.2 Å². The molecule has 2 aliphatic rings. The lowest BCUT2D eigenvalue weighted by Crippen LogP contribution is -2.50. The van der Waals surface area contributed by atoms with Gasteiger partial charge in [0.15, 0.2) is 0 Å². The maximum absolute atomic E-state index is 12.8. The molecule has 0 radical (unpaired) electrons. The Hall–Kier alpha value is -0.170. The highest BCUT2D eigenvalue weighted by atomic mass is 32.2. The Labute approximate surface area is 117 Å². The van der Waals surface area contributed by atoms with Crippen LogP contribution in [0, 0.1) is 0 Å². The molecule has 0 aromatic carbocycles. The molecule has 2 rings (SSSR count). The van der Waals surface area contributed by atoms with Gasteiger partial charge in [-0.1, -0.05) is 19.3 Å². The number of piperidine rings is 1. The summed E-state index contributed by atoms with van der Waals surface area (Å²) < 4.78 is 29.0. The second-order valence-electron chi connectivity index (χ2n) is 5.66. The second kappa shape index (κ2) is 7.02. The lowest BCUT2D eigenvalue weighted by atomic mass is 10.2. The molecule has 6 heteroatoms. The van der Waals surface area contributed by atoms with Crippen molar-refractivity contribution < 1.29 is 8.42 Å². The Balaban J connectivity index is 2.09. The van der Waals surface area contributed by atoms with Crippen LogP contribution in [0.4, 0.5) is 0 Å². The third-order valence-corrected chi connectivity index (χ3v) is 6.34. The van der Waals surface area contributed by atoms with Crippen LogP contribution in [0.1, 0.15) is 51.4 Å². The first-order valence-corrected chi connectivity index (χ1v) is 9.03. The van der Waals surface area contributed by atoms with Crippen molar-refractivity contribution in [1.29, 1.82) is 0 Å². The monoisotopic (exact) mass is 289 g/mol. The number of nitrogens with two attached hydrogens (primary N) is 1. The summed E-state index contributed by atoms with van der Waals surface area (Å²) in [4.78, 5) is 0. The SMILES string of the molecule is NCCCN(C1CCCC1)S(=O)(=O)N1CCCCC1. The summed E-state index contributed by atoms with van der Waals surface area (Å²) >= 11 is 0. The number of nitrogens with zero attached hydrogens (tertiary/aromatic N) is 2. The lowest BCUT2D eigenvalue weighted by molar-refractivity contribution is 0.265. The molecule has 0 atom stereocenters. The molecule has 2 fully saturated rings. The van der Waals surface area contributed by atoms with Gasteiger partial charge in [0.05, 0.1) is 0 Å². The molecule has 5 nitrogen and oxygen atoms in total. The minimum atomic E-state index is -3.27. The van der Waals surface area contributed by atoms with Crippen molar-refractivity contribution in [2.24, 2.45) is 5.73 Å². The number of hydrogen-bond acceptors (Lipinski definition) is 3. The van der Waals surface area contributed by atoms with E-state index >= 15 is 0 Å². The Morgan fingerprint density at radius 2 is 1.68 bits per heavy atom. The highest BCUT2D eigenvalue weighted by Crippen LogP contribution is 2.28. The largest absolute Gasteiger partial charge is 0.330 e. The third kappa shape index (κ3) is 3.68. The molecule has 2 N–H and O–H groups in total. The molecule has 1 saturated carbocycles. The van der Waals surface area contributed by atoms with E-state index in [1.807, 2.05) is 0 Å². The van der Waals surface area contributed by atoms with Gasteiger partial charge in [-0.25, -0.2) is 0 Å². The number of rotatable bonds is 6. The van der Waals surface area contributed by atoms with Crippen molar-refractivity contribution in [1.82, 2.24) is 8.61 Å². The molecule has 0 aromatic rings. The minimum absolute atomic E-state index is 0.207. The highest BCUT2D eigenvalue weighted by molar-refractivity contribution is 7.86. The Kier molecular flexibility index (Phi) is 5.62. The molecule has 1 saturated heterocycles. The third-order valence-electron chi connectivity index (χ3n) is 4.25. The van der Waals surface area contributed by atoms with Gasteiger partial charge in [0.1, 0.15) is 0 Å². The molecule has 0 spiro atoms. The van der Waals surface area contributed by atoms with E-state index in [-0.39, 0.29) is 6.04 Å². The number of hydrogen-bond donors (Lipinski definition) is 1. The van der Waals surface area contributed by atoms with Crippen molar-refractivity contribution in [3.8, 4) is 0 Å². The van der Waals surface area contributed by atoms with Crippen LogP contribution in [0.15, 0.2) is 0 Å². The zero-order chi connectivity index (χ0) is 13.7. The van der Waals surface area contributed by atoms with Gasteiger partial charge in [-0.2, -0.15) is 17.0 Å². The van der Waals surface area contributed by atoms with E-state index in [1.165, 1.54) is 0 Å². The van der Waals surface area contributed by atoms with E-state index < -0.39 is 10.2 Å². The van der Waals surface area contributed by atoms with Gasteiger partial charge in [0, 0.05) is 25.7 Å². The van der Waals surface area contributed by atoms with Crippen molar-refractivity contribution >= 4 is 10.2 Å². The van der Waals surface area contributed by atoms with Crippen molar-refractivity contribution in [3.05, 3.63) is 0 Å². The van der Waals surface area contributed by atoms with Gasteiger partial charge < -0.3 is 5.73 Å². The fraction of sp³-hybridized carbons (Fsp3) is 1.00. The summed E-state index contributed by atoms with van der Waals surface area (Å²) in [6.07, 6.45) is 8.22. The molecule has 1 heterocycles. The Morgan fingerprint density at radius 1 is 1.05 bits per heavy atom. The van der Waals surface area contributed by atoms with Gasteiger partial charge in [-0.3, -0.25) is 0 Å². The Morgan fingerprint density at radius 3 is 2.26 bits per heavy atom. The van der Waals surface area contributed by atoms with E-state index in [4.69, 9.17) is 5.73 Å². The van der Waals surface area contributed by atoms with Gasteiger partial charge in [0.25, 0.3) is 10.2 Å². The quantitative estimate of drug-likeness (QED) is 0.801. The second-order valence-corrected chi connectivity index (χ2v) is 7.54. The van der Waals surface area contributed by atoms with Crippen LogP contribution in [0.5, 0.6) is 0 Å². The van der Waals surface area contributed by atoms with Crippen LogP contribution in [-0.4, -0.2) is 49.2 Å². The lowest BCUT2D eigenvalue weighted by Gasteiger charge is -2.35. The predicted molar refractivity (Wildman–Crippen MR) is 77.0 cm³/mol.